The van der Waals surface area contributed by atoms with Gasteiger partial charge in [-0.1, -0.05) is 66.7 Å². The molecule has 6 heteroatoms. The van der Waals surface area contributed by atoms with Crippen molar-refractivity contribution in [2.75, 3.05) is 6.61 Å². The summed E-state index contributed by atoms with van der Waals surface area (Å²) in [5.74, 6) is 0.103. The van der Waals surface area contributed by atoms with E-state index in [1.165, 1.54) is 6.21 Å². The van der Waals surface area contributed by atoms with Gasteiger partial charge in [-0.3, -0.25) is 4.79 Å². The number of rotatable bonds is 7. The number of hydrogen-bond donors (Lipinski definition) is 1. The fraction of sp³-hybridized carbons (Fsp3) is 0.0741. The maximum Gasteiger partial charge on any atom is 0.343 e. The molecule has 1 amide bonds. The van der Waals surface area contributed by atoms with E-state index in [4.69, 9.17) is 9.47 Å². The molecule has 0 atom stereocenters. The van der Waals surface area contributed by atoms with E-state index in [9.17, 15) is 9.59 Å². The van der Waals surface area contributed by atoms with Gasteiger partial charge in [0, 0.05) is 5.56 Å². The van der Waals surface area contributed by atoms with Crippen LogP contribution in [0.15, 0.2) is 96.1 Å². The third-order valence-electron chi connectivity index (χ3n) is 4.98. The molecule has 0 fully saturated rings. The number of amides is 1. The summed E-state index contributed by atoms with van der Waals surface area (Å²) in [6.07, 6.45) is 1.47. The summed E-state index contributed by atoms with van der Waals surface area (Å²) in [7, 11) is 0. The Bertz CT molecular complexity index is 1320. The van der Waals surface area contributed by atoms with E-state index in [1.54, 1.807) is 36.4 Å². The summed E-state index contributed by atoms with van der Waals surface area (Å²) in [6, 6.07) is 27.4. The second kappa shape index (κ2) is 10.2. The number of nitrogens with zero attached hydrogens (tertiary/aromatic N) is 1. The monoisotopic (exact) mass is 438 g/mol. The van der Waals surface area contributed by atoms with E-state index < -0.39 is 11.9 Å². The average molecular weight is 438 g/mol. The first-order valence-electron chi connectivity index (χ1n) is 10.4. The summed E-state index contributed by atoms with van der Waals surface area (Å²) in [4.78, 5) is 24.8. The van der Waals surface area contributed by atoms with E-state index in [0.29, 0.717) is 22.6 Å². The molecule has 0 saturated carbocycles. The van der Waals surface area contributed by atoms with Crippen LogP contribution in [-0.2, 0) is 4.79 Å². The van der Waals surface area contributed by atoms with E-state index in [1.807, 2.05) is 61.5 Å². The van der Waals surface area contributed by atoms with Crippen molar-refractivity contribution in [3.63, 3.8) is 0 Å². The van der Waals surface area contributed by atoms with E-state index in [-0.39, 0.29) is 6.61 Å². The Morgan fingerprint density at radius 1 is 0.848 bits per heavy atom. The molecule has 0 bridgehead atoms. The molecule has 0 saturated heterocycles. The molecule has 0 spiro atoms. The van der Waals surface area contributed by atoms with Crippen LogP contribution in [0.5, 0.6) is 11.5 Å². The van der Waals surface area contributed by atoms with Gasteiger partial charge in [0.05, 0.1) is 11.8 Å². The van der Waals surface area contributed by atoms with Crippen LogP contribution in [0, 0.1) is 6.92 Å². The van der Waals surface area contributed by atoms with Gasteiger partial charge in [-0.05, 0) is 47.5 Å². The van der Waals surface area contributed by atoms with Crippen molar-refractivity contribution in [2.45, 2.75) is 6.92 Å². The van der Waals surface area contributed by atoms with Crippen LogP contribution >= 0.6 is 0 Å². The Balaban J connectivity index is 1.51. The van der Waals surface area contributed by atoms with Crippen molar-refractivity contribution in [1.82, 2.24) is 5.43 Å². The largest absolute Gasteiger partial charge is 0.483 e. The number of hydrogen-bond acceptors (Lipinski definition) is 5. The number of carbonyl (C=O) groups excluding carboxylic acids is 2. The zero-order valence-electron chi connectivity index (χ0n) is 18.0. The minimum absolute atomic E-state index is 0.173. The van der Waals surface area contributed by atoms with Crippen LogP contribution in [0.1, 0.15) is 21.5 Å². The minimum atomic E-state index is -0.476. The molecule has 4 aromatic carbocycles. The van der Waals surface area contributed by atoms with Gasteiger partial charge in [0.25, 0.3) is 5.91 Å². The van der Waals surface area contributed by atoms with Crippen molar-refractivity contribution in [2.24, 2.45) is 5.10 Å². The standard InChI is InChI=1S/C27H22N2O4/c1-19-9-5-8-14-24(19)32-18-26(30)29-28-17-23-22-13-7-6-10-20(22)15-16-25(23)33-27(31)21-11-3-2-4-12-21/h2-17H,18H2,1H3,(H,29,30)/b28-17-. The van der Waals surface area contributed by atoms with Crippen LogP contribution in [0.25, 0.3) is 10.8 Å². The Morgan fingerprint density at radius 3 is 2.39 bits per heavy atom. The molecule has 6 nitrogen and oxygen atoms in total. The van der Waals surface area contributed by atoms with Gasteiger partial charge in [0.1, 0.15) is 11.5 Å². The zero-order valence-corrected chi connectivity index (χ0v) is 18.0. The molecule has 0 radical (unpaired) electrons. The fourth-order valence-electron chi connectivity index (χ4n) is 3.29. The topological polar surface area (TPSA) is 77.0 Å². The highest BCUT2D eigenvalue weighted by molar-refractivity contribution is 6.04. The number of para-hydroxylation sites is 1. The second-order valence-electron chi connectivity index (χ2n) is 7.30. The Morgan fingerprint density at radius 2 is 1.58 bits per heavy atom. The van der Waals surface area contributed by atoms with E-state index in [2.05, 4.69) is 10.5 Å². The van der Waals surface area contributed by atoms with Crippen molar-refractivity contribution < 1.29 is 19.1 Å². The quantitative estimate of drug-likeness (QED) is 0.193. The molecular weight excluding hydrogens is 416 g/mol. The summed E-state index contributed by atoms with van der Waals surface area (Å²) in [5, 5.41) is 5.86. The summed E-state index contributed by atoms with van der Waals surface area (Å²) < 4.78 is 11.2. The lowest BCUT2D eigenvalue weighted by Gasteiger charge is -2.11. The van der Waals surface area contributed by atoms with Crippen molar-refractivity contribution in [3.05, 3.63) is 108 Å². The smallest absolute Gasteiger partial charge is 0.343 e. The normalized spacial score (nSPS) is 10.8. The van der Waals surface area contributed by atoms with Gasteiger partial charge < -0.3 is 9.47 Å². The molecule has 0 heterocycles. The first kappa shape index (κ1) is 21.8. The van der Waals surface area contributed by atoms with Crippen LogP contribution < -0.4 is 14.9 Å². The molecule has 164 valence electrons. The maximum absolute atomic E-state index is 12.6. The third-order valence-corrected chi connectivity index (χ3v) is 4.98. The highest BCUT2D eigenvalue weighted by Crippen LogP contribution is 2.27. The molecule has 0 aliphatic rings. The van der Waals surface area contributed by atoms with Gasteiger partial charge in [-0.15, -0.1) is 0 Å². The number of aryl methyl sites for hydroxylation is 1. The molecule has 33 heavy (non-hydrogen) atoms. The molecule has 4 rings (SSSR count). The van der Waals surface area contributed by atoms with Crippen LogP contribution in [0.4, 0.5) is 0 Å². The van der Waals surface area contributed by atoms with Crippen molar-refractivity contribution in [3.8, 4) is 11.5 Å². The first-order chi connectivity index (χ1) is 16.1. The number of hydrazone groups is 1. The predicted octanol–water partition coefficient (Wildman–Crippen LogP) is 4.90. The minimum Gasteiger partial charge on any atom is -0.483 e. The van der Waals surface area contributed by atoms with E-state index >= 15 is 0 Å². The van der Waals surface area contributed by atoms with Gasteiger partial charge in [-0.25, -0.2) is 10.2 Å². The number of fused-ring (bicyclic) bond motifs is 1. The van der Waals surface area contributed by atoms with Crippen molar-refractivity contribution >= 4 is 28.9 Å². The van der Waals surface area contributed by atoms with Crippen molar-refractivity contribution in [1.29, 1.82) is 0 Å². The predicted molar refractivity (Wildman–Crippen MR) is 128 cm³/mol. The summed E-state index contributed by atoms with van der Waals surface area (Å²) in [5.41, 5.74) is 4.42. The third kappa shape index (κ3) is 5.43. The molecular formula is C27H22N2O4. The fourth-order valence-corrected chi connectivity index (χ4v) is 3.29. The van der Waals surface area contributed by atoms with Gasteiger partial charge in [-0.2, -0.15) is 5.10 Å². The molecule has 1 N–H and O–H groups in total. The lowest BCUT2D eigenvalue weighted by Crippen LogP contribution is -2.24. The average Bonchev–Trinajstić information content (AvgIpc) is 2.85. The second-order valence-corrected chi connectivity index (χ2v) is 7.30. The maximum atomic E-state index is 12.6. The highest BCUT2D eigenvalue weighted by atomic mass is 16.5. The lowest BCUT2D eigenvalue weighted by atomic mass is 10.0. The van der Waals surface area contributed by atoms with Gasteiger partial charge in [0.2, 0.25) is 0 Å². The molecule has 0 aliphatic heterocycles. The van der Waals surface area contributed by atoms with Crippen LogP contribution in [0.3, 0.4) is 0 Å². The molecule has 0 aromatic heterocycles. The van der Waals surface area contributed by atoms with Gasteiger partial charge in [0.15, 0.2) is 6.61 Å². The van der Waals surface area contributed by atoms with Crippen LogP contribution in [-0.4, -0.2) is 24.7 Å². The van der Waals surface area contributed by atoms with E-state index in [0.717, 1.165) is 16.3 Å². The number of benzene rings is 4. The Labute approximate surface area is 191 Å². The molecule has 4 aromatic rings. The zero-order chi connectivity index (χ0) is 23.0. The first-order valence-corrected chi connectivity index (χ1v) is 10.4. The number of carbonyl (C=O) groups is 2. The highest BCUT2D eigenvalue weighted by Gasteiger charge is 2.13. The summed E-state index contributed by atoms with van der Waals surface area (Å²) >= 11 is 0. The Hall–Kier alpha value is -4.45. The number of ether oxygens (including phenoxy) is 2. The number of nitrogens with one attached hydrogen (secondary N) is 1. The lowest BCUT2D eigenvalue weighted by molar-refractivity contribution is -0.123. The molecule has 0 aliphatic carbocycles. The SMILES string of the molecule is Cc1ccccc1OCC(=O)N/N=C\c1c(OC(=O)c2ccccc2)ccc2ccccc12. The van der Waals surface area contributed by atoms with Gasteiger partial charge >= 0.3 is 5.97 Å². The number of esters is 1. The van der Waals surface area contributed by atoms with Crippen LogP contribution in [0.2, 0.25) is 0 Å². The Kier molecular flexibility index (Phi) is 6.75. The molecule has 0 unspecified atom stereocenters. The summed E-state index contributed by atoms with van der Waals surface area (Å²) in [6.45, 7) is 1.73.